The van der Waals surface area contributed by atoms with Gasteiger partial charge in [0.25, 0.3) is 5.91 Å². The van der Waals surface area contributed by atoms with Crippen LogP contribution in [-0.2, 0) is 14.3 Å². The van der Waals surface area contributed by atoms with Gasteiger partial charge < -0.3 is 20.3 Å². The van der Waals surface area contributed by atoms with Crippen LogP contribution in [-0.4, -0.2) is 61.1 Å². The smallest absolute Gasteiger partial charge is 0.253 e. The van der Waals surface area contributed by atoms with Gasteiger partial charge >= 0.3 is 0 Å². The summed E-state index contributed by atoms with van der Waals surface area (Å²) in [5.41, 5.74) is -0.795. The quantitative estimate of drug-likeness (QED) is 0.599. The van der Waals surface area contributed by atoms with E-state index in [2.05, 4.69) is 10.6 Å². The number of hydrogen-bond donors (Lipinski definition) is 2. The molecule has 96 valence electrons. The summed E-state index contributed by atoms with van der Waals surface area (Å²) in [5.74, 6) is -0.210. The molecule has 0 aromatic carbocycles. The van der Waals surface area contributed by atoms with Gasteiger partial charge in [0.15, 0.2) is 0 Å². The molecular formula is C11H19N3O3. The largest absolute Gasteiger partial charge is 0.366 e. The molecule has 2 aliphatic heterocycles. The number of nitrogens with one attached hydrogen (secondary N) is 2. The Morgan fingerprint density at radius 1 is 1.47 bits per heavy atom. The molecule has 0 saturated carbocycles. The summed E-state index contributed by atoms with van der Waals surface area (Å²) >= 11 is 0. The first-order chi connectivity index (χ1) is 8.03. The second kappa shape index (κ2) is 4.62. The first-order valence-electron chi connectivity index (χ1n) is 5.95. The van der Waals surface area contributed by atoms with E-state index in [0.717, 1.165) is 6.54 Å². The molecule has 17 heavy (non-hydrogen) atoms. The van der Waals surface area contributed by atoms with Crippen molar-refractivity contribution in [1.29, 1.82) is 0 Å². The highest BCUT2D eigenvalue weighted by atomic mass is 16.5. The molecule has 1 atom stereocenters. The minimum absolute atomic E-state index is 0.1000. The number of rotatable bonds is 1. The number of piperazine rings is 1. The number of nitrogens with zero attached hydrogens (tertiary/aromatic N) is 1. The van der Waals surface area contributed by atoms with E-state index in [1.165, 1.54) is 0 Å². The number of hydrogen-bond acceptors (Lipinski definition) is 4. The summed E-state index contributed by atoms with van der Waals surface area (Å²) in [6.07, 6.45) is -0.464. The van der Waals surface area contributed by atoms with Crippen molar-refractivity contribution < 1.29 is 14.3 Å². The second-order valence-corrected chi connectivity index (χ2v) is 4.87. The van der Waals surface area contributed by atoms with Gasteiger partial charge in [-0.1, -0.05) is 0 Å². The monoisotopic (exact) mass is 241 g/mol. The van der Waals surface area contributed by atoms with Crippen molar-refractivity contribution in [2.45, 2.75) is 25.5 Å². The van der Waals surface area contributed by atoms with Crippen LogP contribution in [0, 0.1) is 0 Å². The van der Waals surface area contributed by atoms with Gasteiger partial charge in [-0.3, -0.25) is 9.59 Å². The molecule has 2 fully saturated rings. The molecule has 2 aliphatic rings. The Hall–Kier alpha value is -1.14. The van der Waals surface area contributed by atoms with E-state index < -0.39 is 11.6 Å². The van der Waals surface area contributed by atoms with Crippen LogP contribution < -0.4 is 10.6 Å². The Labute approximate surface area is 101 Å². The molecule has 0 radical (unpaired) electrons. The number of morpholine rings is 1. The topological polar surface area (TPSA) is 70.7 Å². The van der Waals surface area contributed by atoms with Gasteiger partial charge in [0, 0.05) is 26.2 Å². The summed E-state index contributed by atoms with van der Waals surface area (Å²) in [7, 11) is 0. The first kappa shape index (κ1) is 12.3. The van der Waals surface area contributed by atoms with E-state index in [4.69, 9.17) is 4.74 Å². The number of carbonyl (C=O) groups excluding carboxylic acids is 2. The van der Waals surface area contributed by atoms with Gasteiger partial charge in [0.05, 0.1) is 6.61 Å². The molecule has 6 nitrogen and oxygen atoms in total. The Morgan fingerprint density at radius 2 is 2.24 bits per heavy atom. The summed E-state index contributed by atoms with van der Waals surface area (Å²) < 4.78 is 5.44. The van der Waals surface area contributed by atoms with Crippen LogP contribution in [0.2, 0.25) is 0 Å². The molecular weight excluding hydrogens is 222 g/mol. The van der Waals surface area contributed by atoms with Gasteiger partial charge in [-0.2, -0.15) is 0 Å². The molecule has 2 amide bonds. The molecule has 2 heterocycles. The van der Waals surface area contributed by atoms with Crippen molar-refractivity contribution in [2.24, 2.45) is 0 Å². The molecule has 0 unspecified atom stereocenters. The number of ether oxygens (including phenoxy) is 1. The molecule has 0 aliphatic carbocycles. The Morgan fingerprint density at radius 3 is 2.88 bits per heavy atom. The van der Waals surface area contributed by atoms with E-state index in [-0.39, 0.29) is 11.8 Å². The molecule has 2 N–H and O–H groups in total. The minimum atomic E-state index is -0.795. The predicted molar refractivity (Wildman–Crippen MR) is 61.4 cm³/mol. The van der Waals surface area contributed by atoms with Crippen LogP contribution >= 0.6 is 0 Å². The van der Waals surface area contributed by atoms with Crippen molar-refractivity contribution in [3.8, 4) is 0 Å². The van der Waals surface area contributed by atoms with Crippen molar-refractivity contribution in [1.82, 2.24) is 15.5 Å². The lowest BCUT2D eigenvalue weighted by Crippen LogP contribution is -2.66. The van der Waals surface area contributed by atoms with Crippen LogP contribution in [0.15, 0.2) is 0 Å². The molecule has 0 spiro atoms. The third-order valence-corrected chi connectivity index (χ3v) is 3.32. The Balaban J connectivity index is 2.09. The maximum Gasteiger partial charge on any atom is 0.253 e. The van der Waals surface area contributed by atoms with Gasteiger partial charge in [0.2, 0.25) is 5.91 Å². The van der Waals surface area contributed by atoms with Gasteiger partial charge in [-0.05, 0) is 13.8 Å². The SMILES string of the molecule is CC1(C)C(=O)NCCN1C(=O)[C@@H]1CNCCO1. The van der Waals surface area contributed by atoms with Crippen molar-refractivity contribution in [3.05, 3.63) is 0 Å². The maximum atomic E-state index is 12.3. The van der Waals surface area contributed by atoms with Crippen LogP contribution in [0.25, 0.3) is 0 Å². The standard InChI is InChI=1S/C11H19N3O3/c1-11(2)10(16)13-3-5-14(11)9(15)8-7-12-4-6-17-8/h8,12H,3-7H2,1-2H3,(H,13,16)/t8-/m0/s1. The highest BCUT2D eigenvalue weighted by molar-refractivity contribution is 5.93. The van der Waals surface area contributed by atoms with Crippen LogP contribution in [0.3, 0.4) is 0 Å². The molecule has 6 heteroatoms. The summed E-state index contributed by atoms with van der Waals surface area (Å²) in [6, 6.07) is 0. The third kappa shape index (κ3) is 2.28. The fraction of sp³-hybridized carbons (Fsp3) is 0.818. The molecule has 2 saturated heterocycles. The maximum absolute atomic E-state index is 12.3. The molecule has 0 aromatic rings. The zero-order valence-electron chi connectivity index (χ0n) is 10.3. The molecule has 0 aromatic heterocycles. The zero-order valence-corrected chi connectivity index (χ0v) is 10.3. The van der Waals surface area contributed by atoms with Gasteiger partial charge in [-0.15, -0.1) is 0 Å². The average molecular weight is 241 g/mol. The highest BCUT2D eigenvalue weighted by Gasteiger charge is 2.42. The van der Waals surface area contributed by atoms with E-state index >= 15 is 0 Å². The normalized spacial score (nSPS) is 28.7. The van der Waals surface area contributed by atoms with Crippen LogP contribution in [0.4, 0.5) is 0 Å². The highest BCUT2D eigenvalue weighted by Crippen LogP contribution is 2.19. The summed E-state index contributed by atoms with van der Waals surface area (Å²) in [6.45, 7) is 6.40. The predicted octanol–water partition coefficient (Wildman–Crippen LogP) is -1.29. The van der Waals surface area contributed by atoms with Crippen LogP contribution in [0.1, 0.15) is 13.8 Å². The van der Waals surface area contributed by atoms with Gasteiger partial charge in [-0.25, -0.2) is 0 Å². The Kier molecular flexibility index (Phi) is 3.35. The van der Waals surface area contributed by atoms with E-state index in [1.807, 2.05) is 0 Å². The van der Waals surface area contributed by atoms with Crippen molar-refractivity contribution >= 4 is 11.8 Å². The lowest BCUT2D eigenvalue weighted by molar-refractivity contribution is -0.158. The van der Waals surface area contributed by atoms with Crippen molar-refractivity contribution in [2.75, 3.05) is 32.8 Å². The average Bonchev–Trinajstić information content (AvgIpc) is 2.33. The zero-order chi connectivity index (χ0) is 12.5. The molecule has 2 rings (SSSR count). The molecule has 0 bridgehead atoms. The third-order valence-electron chi connectivity index (χ3n) is 3.32. The van der Waals surface area contributed by atoms with Crippen molar-refractivity contribution in [3.63, 3.8) is 0 Å². The van der Waals surface area contributed by atoms with E-state index in [9.17, 15) is 9.59 Å². The number of carbonyl (C=O) groups is 2. The van der Waals surface area contributed by atoms with E-state index in [0.29, 0.717) is 26.2 Å². The second-order valence-electron chi connectivity index (χ2n) is 4.87. The van der Waals surface area contributed by atoms with Gasteiger partial charge in [0.1, 0.15) is 11.6 Å². The fourth-order valence-electron chi connectivity index (χ4n) is 2.18. The first-order valence-corrected chi connectivity index (χ1v) is 5.95. The summed E-state index contributed by atoms with van der Waals surface area (Å²) in [5, 5.41) is 5.89. The van der Waals surface area contributed by atoms with Crippen LogP contribution in [0.5, 0.6) is 0 Å². The lowest BCUT2D eigenvalue weighted by Gasteiger charge is -2.43. The fourth-order valence-corrected chi connectivity index (χ4v) is 2.18. The number of amides is 2. The lowest BCUT2D eigenvalue weighted by atomic mass is 9.98. The Bertz CT molecular complexity index is 324. The summed E-state index contributed by atoms with van der Waals surface area (Å²) in [4.78, 5) is 25.7. The minimum Gasteiger partial charge on any atom is -0.366 e. The van der Waals surface area contributed by atoms with E-state index in [1.54, 1.807) is 18.7 Å².